The molecule has 1 heterocycles. The molecule has 0 bridgehead atoms. The highest BCUT2D eigenvalue weighted by atomic mass is 15.2. The minimum absolute atomic E-state index is 0.740. The van der Waals surface area contributed by atoms with Gasteiger partial charge in [-0.1, -0.05) is 37.6 Å². The topological polar surface area (TPSA) is 29.3 Å². The van der Waals surface area contributed by atoms with Crippen LogP contribution < -0.4 is 5.73 Å². The molecule has 0 amide bonds. The number of rotatable bonds is 5. The maximum Gasteiger partial charge on any atom is 0.0233 e. The molecule has 2 heteroatoms. The van der Waals surface area contributed by atoms with E-state index < -0.39 is 0 Å². The number of hydrogen-bond acceptors (Lipinski definition) is 2. The Morgan fingerprint density at radius 1 is 1.19 bits per heavy atom. The third-order valence-corrected chi connectivity index (χ3v) is 3.47. The van der Waals surface area contributed by atoms with Gasteiger partial charge in [-0.2, -0.15) is 0 Å². The van der Waals surface area contributed by atoms with Gasteiger partial charge in [0.15, 0.2) is 0 Å². The molecule has 16 heavy (non-hydrogen) atoms. The van der Waals surface area contributed by atoms with Gasteiger partial charge in [-0.05, 0) is 30.0 Å². The minimum Gasteiger partial charge on any atom is -0.330 e. The van der Waals surface area contributed by atoms with Crippen LogP contribution in [0.2, 0.25) is 0 Å². The van der Waals surface area contributed by atoms with Crippen LogP contribution in [0.15, 0.2) is 24.3 Å². The lowest BCUT2D eigenvalue weighted by Crippen LogP contribution is -2.45. The van der Waals surface area contributed by atoms with Crippen molar-refractivity contribution in [3.05, 3.63) is 35.4 Å². The van der Waals surface area contributed by atoms with Crippen LogP contribution in [0.1, 0.15) is 24.5 Å². The van der Waals surface area contributed by atoms with Crippen LogP contribution in [0.25, 0.3) is 0 Å². The second-order valence-electron chi connectivity index (χ2n) is 4.82. The molecule has 88 valence electrons. The Morgan fingerprint density at radius 2 is 1.81 bits per heavy atom. The van der Waals surface area contributed by atoms with Gasteiger partial charge in [-0.3, -0.25) is 4.90 Å². The molecule has 1 saturated heterocycles. The first-order chi connectivity index (χ1) is 7.81. The van der Waals surface area contributed by atoms with Gasteiger partial charge in [-0.15, -0.1) is 0 Å². The SMILES string of the molecule is CCC1CN(Cc2ccc(CCN)cc2)C1. The van der Waals surface area contributed by atoms with Crippen molar-refractivity contribution in [2.24, 2.45) is 11.7 Å². The van der Waals surface area contributed by atoms with E-state index >= 15 is 0 Å². The molecular formula is C14H22N2. The summed E-state index contributed by atoms with van der Waals surface area (Å²) in [5.74, 6) is 0.941. The predicted octanol–water partition coefficient (Wildman–Crippen LogP) is 2.03. The van der Waals surface area contributed by atoms with Gasteiger partial charge in [0, 0.05) is 19.6 Å². The van der Waals surface area contributed by atoms with E-state index in [4.69, 9.17) is 5.73 Å². The molecule has 0 radical (unpaired) electrons. The quantitative estimate of drug-likeness (QED) is 0.819. The van der Waals surface area contributed by atoms with Crippen LogP contribution in [0, 0.1) is 5.92 Å². The fourth-order valence-electron chi connectivity index (χ4n) is 2.30. The lowest BCUT2D eigenvalue weighted by atomic mass is 9.96. The highest BCUT2D eigenvalue weighted by molar-refractivity contribution is 5.22. The van der Waals surface area contributed by atoms with Crippen LogP contribution in [0.4, 0.5) is 0 Å². The van der Waals surface area contributed by atoms with E-state index in [9.17, 15) is 0 Å². The molecule has 2 N–H and O–H groups in total. The largest absolute Gasteiger partial charge is 0.330 e. The first-order valence-corrected chi connectivity index (χ1v) is 6.32. The fourth-order valence-corrected chi connectivity index (χ4v) is 2.30. The predicted molar refractivity (Wildman–Crippen MR) is 68.3 cm³/mol. The fraction of sp³-hybridized carbons (Fsp3) is 0.571. The van der Waals surface area contributed by atoms with Gasteiger partial charge in [0.2, 0.25) is 0 Å². The molecule has 0 spiro atoms. The molecule has 1 aliphatic rings. The molecule has 0 aromatic heterocycles. The first-order valence-electron chi connectivity index (χ1n) is 6.32. The van der Waals surface area contributed by atoms with E-state index in [2.05, 4.69) is 36.1 Å². The number of benzene rings is 1. The summed E-state index contributed by atoms with van der Waals surface area (Å²) in [6.45, 7) is 6.69. The zero-order valence-corrected chi connectivity index (χ0v) is 10.2. The molecule has 2 rings (SSSR count). The summed E-state index contributed by atoms with van der Waals surface area (Å²) in [7, 11) is 0. The summed E-state index contributed by atoms with van der Waals surface area (Å²) < 4.78 is 0. The van der Waals surface area contributed by atoms with Gasteiger partial charge in [0.1, 0.15) is 0 Å². The molecule has 0 aliphatic carbocycles. The van der Waals surface area contributed by atoms with E-state index in [1.54, 1.807) is 0 Å². The standard InChI is InChI=1S/C14H22N2/c1-2-12-9-16(10-12)11-14-5-3-13(4-6-14)7-8-15/h3-6,12H,2,7-11,15H2,1H3. The Balaban J connectivity index is 1.82. The van der Waals surface area contributed by atoms with Crippen molar-refractivity contribution in [3.8, 4) is 0 Å². The minimum atomic E-state index is 0.740. The third-order valence-electron chi connectivity index (χ3n) is 3.47. The summed E-state index contributed by atoms with van der Waals surface area (Å²) in [6, 6.07) is 8.90. The number of nitrogens with zero attached hydrogens (tertiary/aromatic N) is 1. The second-order valence-corrected chi connectivity index (χ2v) is 4.82. The Hall–Kier alpha value is -0.860. The van der Waals surface area contributed by atoms with Crippen molar-refractivity contribution in [1.29, 1.82) is 0 Å². The summed E-state index contributed by atoms with van der Waals surface area (Å²) in [5.41, 5.74) is 8.31. The molecule has 1 aliphatic heterocycles. The zero-order chi connectivity index (χ0) is 11.4. The van der Waals surface area contributed by atoms with E-state index in [-0.39, 0.29) is 0 Å². The average molecular weight is 218 g/mol. The Kier molecular flexibility index (Phi) is 3.97. The molecule has 0 saturated carbocycles. The maximum absolute atomic E-state index is 5.53. The maximum atomic E-state index is 5.53. The number of nitrogens with two attached hydrogens (primary N) is 1. The lowest BCUT2D eigenvalue weighted by molar-refractivity contribution is 0.0899. The monoisotopic (exact) mass is 218 g/mol. The molecule has 1 fully saturated rings. The zero-order valence-electron chi connectivity index (χ0n) is 10.2. The highest BCUT2D eigenvalue weighted by Crippen LogP contribution is 2.21. The molecule has 2 nitrogen and oxygen atoms in total. The number of likely N-dealkylation sites (tertiary alicyclic amines) is 1. The number of hydrogen-bond donors (Lipinski definition) is 1. The van der Waals surface area contributed by atoms with E-state index in [0.717, 1.165) is 25.4 Å². The van der Waals surface area contributed by atoms with Gasteiger partial charge in [0.25, 0.3) is 0 Å². The van der Waals surface area contributed by atoms with Crippen molar-refractivity contribution in [2.45, 2.75) is 26.3 Å². The Bertz CT molecular complexity index is 312. The van der Waals surface area contributed by atoms with Crippen molar-refractivity contribution < 1.29 is 0 Å². The van der Waals surface area contributed by atoms with E-state index in [1.165, 1.54) is 30.6 Å². The van der Waals surface area contributed by atoms with Gasteiger partial charge < -0.3 is 5.73 Å². The summed E-state index contributed by atoms with van der Waals surface area (Å²) in [5, 5.41) is 0. The van der Waals surface area contributed by atoms with Crippen molar-refractivity contribution in [1.82, 2.24) is 4.90 Å². The second kappa shape index (κ2) is 5.46. The molecule has 0 atom stereocenters. The van der Waals surface area contributed by atoms with E-state index in [1.807, 2.05) is 0 Å². The van der Waals surface area contributed by atoms with Crippen LogP contribution in [-0.4, -0.2) is 24.5 Å². The molecular weight excluding hydrogens is 196 g/mol. The Labute approximate surface area is 98.4 Å². The van der Waals surface area contributed by atoms with Crippen LogP contribution in [0.3, 0.4) is 0 Å². The highest BCUT2D eigenvalue weighted by Gasteiger charge is 2.24. The van der Waals surface area contributed by atoms with Gasteiger partial charge in [0.05, 0.1) is 0 Å². The lowest BCUT2D eigenvalue weighted by Gasteiger charge is -2.38. The summed E-state index contributed by atoms with van der Waals surface area (Å²) in [4.78, 5) is 2.52. The Morgan fingerprint density at radius 3 is 2.38 bits per heavy atom. The first kappa shape index (κ1) is 11.6. The summed E-state index contributed by atoms with van der Waals surface area (Å²) >= 11 is 0. The van der Waals surface area contributed by atoms with Crippen molar-refractivity contribution >= 4 is 0 Å². The van der Waals surface area contributed by atoms with Gasteiger partial charge in [-0.25, -0.2) is 0 Å². The van der Waals surface area contributed by atoms with Crippen LogP contribution in [0.5, 0.6) is 0 Å². The van der Waals surface area contributed by atoms with Crippen molar-refractivity contribution in [2.75, 3.05) is 19.6 Å². The summed E-state index contributed by atoms with van der Waals surface area (Å²) in [6.07, 6.45) is 2.31. The van der Waals surface area contributed by atoms with Crippen LogP contribution >= 0.6 is 0 Å². The van der Waals surface area contributed by atoms with E-state index in [0.29, 0.717) is 0 Å². The normalized spacial score (nSPS) is 17.4. The third kappa shape index (κ3) is 2.83. The molecule has 1 aromatic carbocycles. The smallest absolute Gasteiger partial charge is 0.0233 e. The molecule has 1 aromatic rings. The van der Waals surface area contributed by atoms with Crippen molar-refractivity contribution in [3.63, 3.8) is 0 Å². The average Bonchev–Trinajstić information content (AvgIpc) is 2.25. The van der Waals surface area contributed by atoms with Gasteiger partial charge >= 0.3 is 0 Å². The molecule has 0 unspecified atom stereocenters. The van der Waals surface area contributed by atoms with Crippen LogP contribution in [-0.2, 0) is 13.0 Å².